The molecule has 0 bridgehead atoms. The first kappa shape index (κ1) is 14.1. The molecule has 0 fully saturated rings. The number of unbranched alkanes of at least 4 members (excludes halogenated alkanes) is 7. The van der Waals surface area contributed by atoms with E-state index < -0.39 is 0 Å². The average molecular weight is 148 g/mol. The van der Waals surface area contributed by atoms with Crippen molar-refractivity contribution in [3.8, 4) is 0 Å². The zero-order chi connectivity index (χ0) is 7.66. The van der Waals surface area contributed by atoms with Crippen LogP contribution in [0.15, 0.2) is 0 Å². The largest absolute Gasteiger partial charge is 1.00 e. The quantitative estimate of drug-likeness (QED) is 0.287. The summed E-state index contributed by atoms with van der Waals surface area (Å²) in [5, 5.41) is 0. The van der Waals surface area contributed by atoms with Gasteiger partial charge in [0.15, 0.2) is 0 Å². The van der Waals surface area contributed by atoms with E-state index in [4.69, 9.17) is 0 Å². The summed E-state index contributed by atoms with van der Waals surface area (Å²) in [6.45, 7) is 6.08. The van der Waals surface area contributed by atoms with Crippen LogP contribution in [0, 0.1) is 6.92 Å². The zero-order valence-electron chi connectivity index (χ0n) is 8.36. The van der Waals surface area contributed by atoms with E-state index in [1.54, 1.807) is 0 Å². The van der Waals surface area contributed by atoms with Crippen LogP contribution < -0.4 is 18.9 Å². The molecule has 0 rings (SSSR count). The molecule has 0 atom stereocenters. The third-order valence-electron chi connectivity index (χ3n) is 1.85. The number of rotatable bonds is 7. The molecule has 0 spiro atoms. The molecule has 0 aromatic heterocycles. The van der Waals surface area contributed by atoms with Crippen molar-refractivity contribution in [3.05, 3.63) is 6.92 Å². The topological polar surface area (TPSA) is 0 Å². The Morgan fingerprint density at radius 2 is 1.27 bits per heavy atom. The summed E-state index contributed by atoms with van der Waals surface area (Å²) in [6.07, 6.45) is 10.9. The molecule has 0 aliphatic carbocycles. The fourth-order valence-corrected chi connectivity index (χ4v) is 1.13. The average Bonchev–Trinajstić information content (AvgIpc) is 1.97. The molecule has 0 aromatic rings. The van der Waals surface area contributed by atoms with E-state index in [0.717, 1.165) is 6.42 Å². The van der Waals surface area contributed by atoms with Gasteiger partial charge in [-0.15, -0.1) is 0 Å². The molecule has 0 aliphatic rings. The third kappa shape index (κ3) is 13.6. The summed E-state index contributed by atoms with van der Waals surface area (Å²) in [5.41, 5.74) is 0. The molecule has 0 heterocycles. The normalized spacial score (nSPS) is 9.27. The van der Waals surface area contributed by atoms with Gasteiger partial charge in [-0.3, -0.25) is 0 Å². The van der Waals surface area contributed by atoms with Crippen molar-refractivity contribution in [3.63, 3.8) is 0 Å². The summed E-state index contributed by atoms with van der Waals surface area (Å²) in [4.78, 5) is 0. The van der Waals surface area contributed by atoms with Crippen molar-refractivity contribution in [2.45, 2.75) is 58.3 Å². The Morgan fingerprint density at radius 1 is 0.818 bits per heavy atom. The fraction of sp³-hybridized carbons (Fsp3) is 0.900. The van der Waals surface area contributed by atoms with E-state index >= 15 is 0 Å². The van der Waals surface area contributed by atoms with Gasteiger partial charge in [-0.25, -0.2) is 0 Å². The smallest absolute Gasteiger partial charge is 0.343 e. The van der Waals surface area contributed by atoms with E-state index in [-0.39, 0.29) is 18.9 Å². The van der Waals surface area contributed by atoms with Crippen LogP contribution in [0.3, 0.4) is 0 Å². The number of hydrogen-bond acceptors (Lipinski definition) is 0. The summed E-state index contributed by atoms with van der Waals surface area (Å²) in [7, 11) is 0. The Morgan fingerprint density at radius 3 is 1.73 bits per heavy atom. The van der Waals surface area contributed by atoms with Crippen molar-refractivity contribution < 1.29 is 18.9 Å². The van der Waals surface area contributed by atoms with Crippen LogP contribution in [0.2, 0.25) is 0 Å². The molecule has 0 saturated heterocycles. The Balaban J connectivity index is 0. The molecular formula is C10H21Li. The van der Waals surface area contributed by atoms with Crippen LogP contribution in [0.5, 0.6) is 0 Å². The van der Waals surface area contributed by atoms with Crippen LogP contribution in [0.1, 0.15) is 58.3 Å². The standard InChI is InChI=1S/C10H21.Li/c1-3-5-7-9-10-8-6-4-2;/h1,3-10H2,2H3;/q-1;+1. The molecule has 0 N–H and O–H groups in total. The van der Waals surface area contributed by atoms with Crippen molar-refractivity contribution in [2.75, 3.05) is 0 Å². The minimum atomic E-state index is 0. The van der Waals surface area contributed by atoms with Crippen LogP contribution >= 0.6 is 0 Å². The summed E-state index contributed by atoms with van der Waals surface area (Å²) in [5.74, 6) is 0. The van der Waals surface area contributed by atoms with E-state index in [1.165, 1.54) is 44.9 Å². The molecule has 0 saturated carbocycles. The second kappa shape index (κ2) is 13.2. The Hall–Kier alpha value is 0.597. The van der Waals surface area contributed by atoms with Crippen molar-refractivity contribution >= 4 is 0 Å². The van der Waals surface area contributed by atoms with Crippen LogP contribution in [-0.2, 0) is 0 Å². The monoisotopic (exact) mass is 148 g/mol. The summed E-state index contributed by atoms with van der Waals surface area (Å²) in [6, 6.07) is 0. The van der Waals surface area contributed by atoms with Crippen molar-refractivity contribution in [2.24, 2.45) is 0 Å². The zero-order valence-corrected chi connectivity index (χ0v) is 8.36. The van der Waals surface area contributed by atoms with Crippen LogP contribution in [0.4, 0.5) is 0 Å². The second-order valence-corrected chi connectivity index (χ2v) is 2.97. The Kier molecular flexibility index (Phi) is 17.0. The molecule has 0 aromatic carbocycles. The second-order valence-electron chi connectivity index (χ2n) is 2.97. The van der Waals surface area contributed by atoms with Gasteiger partial charge in [0.1, 0.15) is 0 Å². The number of hydrogen-bond donors (Lipinski definition) is 0. The van der Waals surface area contributed by atoms with Gasteiger partial charge in [0.05, 0.1) is 0 Å². The molecule has 0 amide bonds. The first-order chi connectivity index (χ1) is 4.91. The molecule has 0 unspecified atom stereocenters. The van der Waals surface area contributed by atoms with E-state index in [0.29, 0.717) is 0 Å². The van der Waals surface area contributed by atoms with Gasteiger partial charge in [-0.2, -0.15) is 6.42 Å². The van der Waals surface area contributed by atoms with Gasteiger partial charge in [0, 0.05) is 0 Å². The van der Waals surface area contributed by atoms with E-state index in [9.17, 15) is 0 Å². The maximum Gasteiger partial charge on any atom is 1.00 e. The van der Waals surface area contributed by atoms with Crippen LogP contribution in [0.25, 0.3) is 0 Å². The maximum atomic E-state index is 3.82. The molecule has 0 aliphatic heterocycles. The van der Waals surface area contributed by atoms with Gasteiger partial charge in [-0.05, 0) is 0 Å². The van der Waals surface area contributed by atoms with Gasteiger partial charge in [0.25, 0.3) is 0 Å². The van der Waals surface area contributed by atoms with Gasteiger partial charge in [0.2, 0.25) is 0 Å². The predicted octanol–water partition coefficient (Wildman–Crippen LogP) is 0.965. The summed E-state index contributed by atoms with van der Waals surface area (Å²) < 4.78 is 0. The minimum absolute atomic E-state index is 0. The van der Waals surface area contributed by atoms with Crippen molar-refractivity contribution in [1.29, 1.82) is 0 Å². The first-order valence-corrected chi connectivity index (χ1v) is 4.71. The molecule has 0 radical (unpaired) electrons. The van der Waals surface area contributed by atoms with Gasteiger partial charge >= 0.3 is 18.9 Å². The Labute approximate surface area is 84.3 Å². The summed E-state index contributed by atoms with van der Waals surface area (Å²) >= 11 is 0. The van der Waals surface area contributed by atoms with Crippen molar-refractivity contribution in [1.82, 2.24) is 0 Å². The van der Waals surface area contributed by atoms with Gasteiger partial charge < -0.3 is 6.92 Å². The minimum Gasteiger partial charge on any atom is -0.343 e. The predicted molar refractivity (Wildman–Crippen MR) is 48.0 cm³/mol. The fourth-order valence-electron chi connectivity index (χ4n) is 1.13. The molecule has 1 heteroatoms. The third-order valence-corrected chi connectivity index (χ3v) is 1.85. The molecule has 11 heavy (non-hydrogen) atoms. The Bertz CT molecular complexity index is 44.8. The first-order valence-electron chi connectivity index (χ1n) is 4.71. The molecule has 0 nitrogen and oxygen atoms in total. The van der Waals surface area contributed by atoms with Crippen LogP contribution in [-0.4, -0.2) is 0 Å². The van der Waals surface area contributed by atoms with Gasteiger partial charge in [-0.1, -0.05) is 51.9 Å². The molecular weight excluding hydrogens is 127 g/mol. The SMILES string of the molecule is [CH2-]CCCCCCCCC.[Li+]. The molecule has 62 valence electrons. The van der Waals surface area contributed by atoms with E-state index in [1.807, 2.05) is 0 Å². The van der Waals surface area contributed by atoms with E-state index in [2.05, 4.69) is 13.8 Å². The maximum absolute atomic E-state index is 3.82.